The van der Waals surface area contributed by atoms with Crippen LogP contribution in [0.4, 0.5) is 0 Å². The number of rotatable bonds is 12. The second kappa shape index (κ2) is 15.0. The van der Waals surface area contributed by atoms with Crippen molar-refractivity contribution >= 4 is 0 Å². The molecule has 1 aliphatic carbocycles. The van der Waals surface area contributed by atoms with Gasteiger partial charge in [0.15, 0.2) is 18.9 Å². The van der Waals surface area contributed by atoms with E-state index >= 15 is 0 Å². The first-order chi connectivity index (χ1) is 21.2. The summed E-state index contributed by atoms with van der Waals surface area (Å²) >= 11 is 0. The predicted octanol–water partition coefficient (Wildman–Crippen LogP) is 4.50. The Morgan fingerprint density at radius 3 is 1.91 bits per heavy atom. The lowest BCUT2D eigenvalue weighted by Gasteiger charge is -2.48. The van der Waals surface area contributed by atoms with Gasteiger partial charge in [-0.3, -0.25) is 0 Å². The van der Waals surface area contributed by atoms with Gasteiger partial charge in [-0.05, 0) is 45.4 Å². The van der Waals surface area contributed by atoms with E-state index in [0.29, 0.717) is 6.42 Å². The zero-order valence-electron chi connectivity index (χ0n) is 29.8. The molecule has 45 heavy (non-hydrogen) atoms. The summed E-state index contributed by atoms with van der Waals surface area (Å²) in [6.07, 6.45) is -3.35. The van der Waals surface area contributed by atoms with Gasteiger partial charge in [0, 0.05) is 36.7 Å². The van der Waals surface area contributed by atoms with Crippen LogP contribution in [0.2, 0.25) is 0 Å². The Balaban J connectivity index is 1.43. The summed E-state index contributed by atoms with van der Waals surface area (Å²) in [5, 5.41) is 33.5. The topological polar surface area (TPSA) is 125 Å². The Morgan fingerprint density at radius 1 is 0.711 bits per heavy atom. The summed E-state index contributed by atoms with van der Waals surface area (Å²) in [6.45, 7) is 22.3. The molecule has 3 aliphatic heterocycles. The molecular weight excluding hydrogens is 580 g/mol. The van der Waals surface area contributed by atoms with E-state index in [1.165, 1.54) is 0 Å². The van der Waals surface area contributed by atoms with Crippen LogP contribution in [-0.4, -0.2) is 102 Å². The zero-order valence-corrected chi connectivity index (χ0v) is 29.8. The third-order valence-corrected chi connectivity index (χ3v) is 12.2. The number of aliphatic hydroxyl groups is 3. The van der Waals surface area contributed by atoms with Gasteiger partial charge in [0.05, 0.1) is 48.3 Å². The maximum Gasteiger partial charge on any atom is 0.163 e. The van der Waals surface area contributed by atoms with Crippen LogP contribution in [0.3, 0.4) is 0 Å². The minimum atomic E-state index is -1.02. The maximum atomic E-state index is 11.6. The second-order valence-electron chi connectivity index (χ2n) is 14.9. The molecule has 0 spiro atoms. The van der Waals surface area contributed by atoms with E-state index < -0.39 is 48.9 Å². The molecule has 0 aromatic carbocycles. The van der Waals surface area contributed by atoms with Crippen molar-refractivity contribution in [3.8, 4) is 0 Å². The Kier molecular flexibility index (Phi) is 12.5. The summed E-state index contributed by atoms with van der Waals surface area (Å²) in [4.78, 5) is 0. The molecule has 10 heteroatoms. The first-order valence-electron chi connectivity index (χ1n) is 17.7. The van der Waals surface area contributed by atoms with E-state index in [2.05, 4.69) is 34.6 Å². The second-order valence-corrected chi connectivity index (χ2v) is 14.9. The fourth-order valence-corrected chi connectivity index (χ4v) is 8.53. The van der Waals surface area contributed by atoms with E-state index in [9.17, 15) is 15.3 Å². The Bertz CT molecular complexity index is 936. The van der Waals surface area contributed by atoms with Crippen molar-refractivity contribution in [2.75, 3.05) is 7.11 Å². The lowest BCUT2D eigenvalue weighted by molar-refractivity contribution is -0.342. The molecule has 3 N–H and O–H groups in total. The Hall–Kier alpha value is -0.400. The van der Waals surface area contributed by atoms with Crippen molar-refractivity contribution in [1.29, 1.82) is 0 Å². The summed E-state index contributed by atoms with van der Waals surface area (Å²) in [7, 11) is 1.70. The number of methoxy groups -OCH3 is 1. The van der Waals surface area contributed by atoms with Crippen molar-refractivity contribution in [3.63, 3.8) is 0 Å². The number of aliphatic hydroxyl groups excluding tert-OH is 3. The standard InChI is InChI=1S/C35H64O10/c1-13-23-26(19(7)32(38)43-31-25(15-3)40-21(9)18(6)29(31)39-12)35(23,11)45-34-20(8)28(37)30(24(14-2)42-34)44-33-17(5)16(4)27(36)22(10)41-33/h16-34,36-38H,13-15H2,1-12H3/t16?,17?,18?,19?,20?,21-,22?,23+,24?,25?,26-,27+,28-,29?,30+,31-,32-,33-,34+,35?/m1/s1. The molecule has 1 saturated carbocycles. The SMILES string of the molecule is CCC1O[C@H](C)C(C)C(OC)[C@@H]1O[C@@H](O)C(C)[C@@H]1[C@H](CC)C1(C)O[C@@H]1OC(CC)[C@H](O[C@H]2OC(C)[C@@H](O)C(C)C2C)[C@H](O)C1C. The molecule has 0 aromatic heterocycles. The molecule has 0 aromatic rings. The van der Waals surface area contributed by atoms with Gasteiger partial charge in [0.25, 0.3) is 0 Å². The summed E-state index contributed by atoms with van der Waals surface area (Å²) in [5.74, 6) is -0.261. The first-order valence-corrected chi connectivity index (χ1v) is 17.7. The molecule has 0 amide bonds. The summed E-state index contributed by atoms with van der Waals surface area (Å²) in [5.41, 5.74) is -0.555. The molecule has 0 radical (unpaired) electrons. The quantitative estimate of drug-likeness (QED) is 0.262. The maximum absolute atomic E-state index is 11.6. The summed E-state index contributed by atoms with van der Waals surface area (Å²) < 4.78 is 44.3. The molecule has 3 heterocycles. The molecule has 4 aliphatic rings. The van der Waals surface area contributed by atoms with Crippen LogP contribution in [-0.2, 0) is 33.2 Å². The Labute approximate surface area is 271 Å². The predicted molar refractivity (Wildman–Crippen MR) is 169 cm³/mol. The van der Waals surface area contributed by atoms with Crippen LogP contribution in [0.5, 0.6) is 0 Å². The fourth-order valence-electron chi connectivity index (χ4n) is 8.53. The van der Waals surface area contributed by atoms with E-state index in [-0.39, 0.29) is 71.9 Å². The van der Waals surface area contributed by atoms with E-state index in [1.54, 1.807) is 7.11 Å². The first kappa shape index (κ1) is 37.4. The van der Waals surface area contributed by atoms with E-state index in [0.717, 1.165) is 12.8 Å². The van der Waals surface area contributed by atoms with Gasteiger partial charge in [-0.25, -0.2) is 0 Å². The molecule has 20 atom stereocenters. The average Bonchev–Trinajstić information content (AvgIpc) is 3.62. The highest BCUT2D eigenvalue weighted by atomic mass is 16.7. The lowest BCUT2D eigenvalue weighted by atomic mass is 9.84. The molecule has 4 rings (SSSR count). The lowest BCUT2D eigenvalue weighted by Crippen LogP contribution is -2.59. The highest BCUT2D eigenvalue weighted by Gasteiger charge is 2.66. The highest BCUT2D eigenvalue weighted by Crippen LogP contribution is 2.61. The van der Waals surface area contributed by atoms with Crippen LogP contribution < -0.4 is 0 Å². The van der Waals surface area contributed by atoms with Crippen molar-refractivity contribution in [2.45, 2.75) is 175 Å². The van der Waals surface area contributed by atoms with Gasteiger partial charge in [-0.15, -0.1) is 0 Å². The molecule has 10 unspecified atom stereocenters. The van der Waals surface area contributed by atoms with Crippen molar-refractivity contribution in [1.82, 2.24) is 0 Å². The number of ether oxygens (including phenoxy) is 7. The highest BCUT2D eigenvalue weighted by molar-refractivity contribution is 5.13. The molecule has 10 nitrogen and oxygen atoms in total. The minimum absolute atomic E-state index is 0.00104. The molecule has 4 fully saturated rings. The van der Waals surface area contributed by atoms with Crippen molar-refractivity contribution in [3.05, 3.63) is 0 Å². The van der Waals surface area contributed by atoms with E-state index in [4.69, 9.17) is 33.2 Å². The van der Waals surface area contributed by atoms with Crippen molar-refractivity contribution in [2.24, 2.45) is 41.4 Å². The van der Waals surface area contributed by atoms with Gasteiger partial charge < -0.3 is 48.5 Å². The minimum Gasteiger partial charge on any atom is -0.390 e. The molecule has 0 bridgehead atoms. The van der Waals surface area contributed by atoms with Crippen LogP contribution >= 0.6 is 0 Å². The van der Waals surface area contributed by atoms with Gasteiger partial charge in [0.2, 0.25) is 0 Å². The van der Waals surface area contributed by atoms with Crippen molar-refractivity contribution < 1.29 is 48.5 Å². The van der Waals surface area contributed by atoms with Crippen LogP contribution in [0.15, 0.2) is 0 Å². The third-order valence-electron chi connectivity index (χ3n) is 12.2. The van der Waals surface area contributed by atoms with Gasteiger partial charge in [-0.1, -0.05) is 61.8 Å². The largest absolute Gasteiger partial charge is 0.390 e. The number of hydrogen-bond acceptors (Lipinski definition) is 10. The zero-order chi connectivity index (χ0) is 33.5. The molecular formula is C35H64O10. The molecule has 264 valence electrons. The smallest absolute Gasteiger partial charge is 0.163 e. The monoisotopic (exact) mass is 644 g/mol. The normalized spacial score (nSPS) is 51.9. The van der Waals surface area contributed by atoms with Crippen LogP contribution in [0.25, 0.3) is 0 Å². The fraction of sp³-hybridized carbons (Fsp3) is 1.00. The average molecular weight is 645 g/mol. The van der Waals surface area contributed by atoms with Crippen LogP contribution in [0, 0.1) is 41.4 Å². The summed E-state index contributed by atoms with van der Waals surface area (Å²) in [6, 6.07) is 0. The van der Waals surface area contributed by atoms with Gasteiger partial charge in [0.1, 0.15) is 12.2 Å². The Morgan fingerprint density at radius 2 is 1.33 bits per heavy atom. The van der Waals surface area contributed by atoms with Gasteiger partial charge >= 0.3 is 0 Å². The molecule has 3 saturated heterocycles. The third kappa shape index (κ3) is 7.17. The number of hydrogen-bond donors (Lipinski definition) is 3. The van der Waals surface area contributed by atoms with Gasteiger partial charge in [-0.2, -0.15) is 0 Å². The van der Waals surface area contributed by atoms with E-state index in [1.807, 2.05) is 41.5 Å². The van der Waals surface area contributed by atoms with Crippen LogP contribution in [0.1, 0.15) is 95.4 Å².